The number of hydrogen-bond acceptors (Lipinski definition) is 2. The molecule has 0 aliphatic rings. The van der Waals surface area contributed by atoms with E-state index >= 15 is 0 Å². The van der Waals surface area contributed by atoms with Crippen molar-refractivity contribution in [2.75, 3.05) is 5.32 Å². The molecule has 0 fully saturated rings. The van der Waals surface area contributed by atoms with E-state index < -0.39 is 6.10 Å². The van der Waals surface area contributed by atoms with Crippen molar-refractivity contribution >= 4 is 62.3 Å². The van der Waals surface area contributed by atoms with Crippen molar-refractivity contribution in [3.63, 3.8) is 0 Å². The van der Waals surface area contributed by atoms with Crippen molar-refractivity contribution in [3.05, 3.63) is 55.9 Å². The number of carbonyl (C=O) groups is 1. The molecule has 0 saturated carbocycles. The minimum absolute atomic E-state index is 0.315. The fourth-order valence-corrected chi connectivity index (χ4v) is 2.51. The highest BCUT2D eigenvalue weighted by molar-refractivity contribution is 9.10. The summed E-state index contributed by atoms with van der Waals surface area (Å²) in [4.78, 5) is 12.1. The van der Waals surface area contributed by atoms with Gasteiger partial charge in [-0.2, -0.15) is 0 Å². The second-order valence-electron chi connectivity index (χ2n) is 4.45. The first-order chi connectivity index (χ1) is 10.4. The molecule has 0 heterocycles. The van der Waals surface area contributed by atoms with Crippen LogP contribution in [0.15, 0.2) is 40.9 Å². The van der Waals surface area contributed by atoms with Crippen LogP contribution in [0.1, 0.15) is 6.92 Å². The minimum Gasteiger partial charge on any atom is -0.479 e. The zero-order chi connectivity index (χ0) is 16.3. The van der Waals surface area contributed by atoms with E-state index in [4.69, 9.17) is 39.5 Å². The lowest BCUT2D eigenvalue weighted by Gasteiger charge is -2.16. The van der Waals surface area contributed by atoms with E-state index in [1.165, 1.54) is 0 Å². The molecule has 0 bridgehead atoms. The van der Waals surface area contributed by atoms with Crippen LogP contribution in [0.25, 0.3) is 0 Å². The predicted octanol–water partition coefficient (Wildman–Crippen LogP) is 5.82. The molecule has 1 atom stereocenters. The van der Waals surface area contributed by atoms with Crippen LogP contribution in [-0.4, -0.2) is 12.0 Å². The van der Waals surface area contributed by atoms with Crippen LogP contribution in [0.5, 0.6) is 5.75 Å². The van der Waals surface area contributed by atoms with Crippen LogP contribution in [0.2, 0.25) is 15.1 Å². The van der Waals surface area contributed by atoms with Gasteiger partial charge in [0.1, 0.15) is 5.75 Å². The monoisotopic (exact) mass is 421 g/mol. The number of nitrogens with one attached hydrogen (secondary N) is 1. The lowest BCUT2D eigenvalue weighted by molar-refractivity contribution is -0.122. The van der Waals surface area contributed by atoms with Crippen LogP contribution in [0.3, 0.4) is 0 Å². The first-order valence-corrected chi connectivity index (χ1v) is 8.17. The average molecular weight is 424 g/mol. The van der Waals surface area contributed by atoms with Crippen molar-refractivity contribution < 1.29 is 9.53 Å². The molecular formula is C15H11BrCl3NO2. The lowest BCUT2D eigenvalue weighted by Crippen LogP contribution is -2.30. The summed E-state index contributed by atoms with van der Waals surface area (Å²) < 4.78 is 6.30. The average Bonchev–Trinajstić information content (AvgIpc) is 2.45. The Kier molecular flexibility index (Phi) is 5.98. The van der Waals surface area contributed by atoms with E-state index in [0.717, 1.165) is 4.47 Å². The molecule has 0 spiro atoms. The normalized spacial score (nSPS) is 11.9. The maximum Gasteiger partial charge on any atom is 0.265 e. The number of anilines is 1. The largest absolute Gasteiger partial charge is 0.479 e. The second-order valence-corrected chi connectivity index (χ2v) is 6.56. The van der Waals surface area contributed by atoms with Gasteiger partial charge in [0.15, 0.2) is 6.10 Å². The van der Waals surface area contributed by atoms with Gasteiger partial charge >= 0.3 is 0 Å². The van der Waals surface area contributed by atoms with Crippen molar-refractivity contribution in [3.8, 4) is 5.75 Å². The van der Waals surface area contributed by atoms with Crippen molar-refractivity contribution in [2.45, 2.75) is 13.0 Å². The van der Waals surface area contributed by atoms with Gasteiger partial charge in [0.05, 0.1) is 10.0 Å². The maximum atomic E-state index is 12.1. The topological polar surface area (TPSA) is 38.3 Å². The summed E-state index contributed by atoms with van der Waals surface area (Å²) in [6, 6.07) is 9.94. The Morgan fingerprint density at radius 2 is 1.86 bits per heavy atom. The Labute approximate surface area is 151 Å². The van der Waals surface area contributed by atoms with Crippen molar-refractivity contribution in [1.82, 2.24) is 0 Å². The molecule has 2 rings (SSSR count). The van der Waals surface area contributed by atoms with Gasteiger partial charge < -0.3 is 10.1 Å². The van der Waals surface area contributed by atoms with Gasteiger partial charge in [-0.05, 0) is 59.3 Å². The zero-order valence-corrected chi connectivity index (χ0v) is 15.2. The van der Waals surface area contributed by atoms with E-state index in [1.54, 1.807) is 43.3 Å². The number of amides is 1. The third kappa shape index (κ3) is 4.53. The van der Waals surface area contributed by atoms with Crippen LogP contribution in [0, 0.1) is 0 Å². The molecule has 22 heavy (non-hydrogen) atoms. The molecule has 0 radical (unpaired) electrons. The van der Waals surface area contributed by atoms with Gasteiger partial charge in [0.2, 0.25) is 0 Å². The molecular weight excluding hydrogens is 412 g/mol. The number of hydrogen-bond donors (Lipinski definition) is 1. The highest BCUT2D eigenvalue weighted by atomic mass is 79.9. The second kappa shape index (κ2) is 7.55. The summed E-state index contributed by atoms with van der Waals surface area (Å²) in [6.07, 6.45) is -0.735. The van der Waals surface area contributed by atoms with Gasteiger partial charge in [0, 0.05) is 15.2 Å². The maximum absolute atomic E-state index is 12.1. The number of halogens is 4. The van der Waals surface area contributed by atoms with E-state index in [9.17, 15) is 4.79 Å². The highest BCUT2D eigenvalue weighted by Gasteiger charge is 2.16. The summed E-state index contributed by atoms with van der Waals surface area (Å²) in [7, 11) is 0. The first-order valence-electron chi connectivity index (χ1n) is 6.24. The van der Waals surface area contributed by atoms with Crippen LogP contribution in [0.4, 0.5) is 5.69 Å². The molecule has 116 valence electrons. The Morgan fingerprint density at radius 3 is 2.50 bits per heavy atom. The third-order valence-corrected chi connectivity index (χ3v) is 4.52. The molecule has 0 aromatic heterocycles. The van der Waals surface area contributed by atoms with Gasteiger partial charge in [-0.25, -0.2) is 0 Å². The molecule has 2 aromatic carbocycles. The smallest absolute Gasteiger partial charge is 0.265 e. The number of benzene rings is 2. The highest BCUT2D eigenvalue weighted by Crippen LogP contribution is 2.29. The van der Waals surface area contributed by atoms with Crippen LogP contribution < -0.4 is 10.1 Å². The van der Waals surface area contributed by atoms with E-state index in [2.05, 4.69) is 21.2 Å². The van der Waals surface area contributed by atoms with Crippen LogP contribution in [-0.2, 0) is 4.79 Å². The minimum atomic E-state index is -0.735. The van der Waals surface area contributed by atoms with Gasteiger partial charge in [-0.15, -0.1) is 0 Å². The molecule has 0 saturated heterocycles. The predicted molar refractivity (Wildman–Crippen MR) is 94.3 cm³/mol. The summed E-state index contributed by atoms with van der Waals surface area (Å²) >= 11 is 21.1. The molecule has 2 aromatic rings. The Balaban J connectivity index is 2.04. The fourth-order valence-electron chi connectivity index (χ4n) is 1.63. The van der Waals surface area contributed by atoms with E-state index in [0.29, 0.717) is 26.5 Å². The quantitative estimate of drug-likeness (QED) is 0.673. The molecule has 0 aliphatic carbocycles. The standard InChI is InChI=1S/C15H11BrCl3NO2/c1-8(22-14-5-2-9(17)6-13(14)19)15(21)20-10-3-4-11(16)12(18)7-10/h2-8H,1H3,(H,20,21)/t8-/m1/s1. The summed E-state index contributed by atoms with van der Waals surface area (Å²) in [5.41, 5.74) is 0.579. The third-order valence-electron chi connectivity index (χ3n) is 2.75. The Morgan fingerprint density at radius 1 is 1.14 bits per heavy atom. The molecule has 1 N–H and O–H groups in total. The molecule has 0 aliphatic heterocycles. The summed E-state index contributed by atoms with van der Waals surface area (Å²) in [6.45, 7) is 1.63. The van der Waals surface area contributed by atoms with Gasteiger partial charge in [-0.3, -0.25) is 4.79 Å². The van der Waals surface area contributed by atoms with Gasteiger partial charge in [0.25, 0.3) is 5.91 Å². The Hall–Kier alpha value is -0.940. The van der Waals surface area contributed by atoms with Crippen molar-refractivity contribution in [2.24, 2.45) is 0 Å². The summed E-state index contributed by atoms with van der Waals surface area (Å²) in [5, 5.41) is 4.07. The zero-order valence-electron chi connectivity index (χ0n) is 11.4. The van der Waals surface area contributed by atoms with Gasteiger partial charge in [-0.1, -0.05) is 34.8 Å². The first kappa shape index (κ1) is 17.4. The molecule has 7 heteroatoms. The number of carbonyl (C=O) groups excluding carboxylic acids is 1. The summed E-state index contributed by atoms with van der Waals surface area (Å²) in [5.74, 6) is 0.0759. The van der Waals surface area contributed by atoms with Crippen molar-refractivity contribution in [1.29, 1.82) is 0 Å². The van der Waals surface area contributed by atoms with E-state index in [1.807, 2.05) is 0 Å². The molecule has 1 amide bonds. The molecule has 0 unspecified atom stereocenters. The fraction of sp³-hybridized carbons (Fsp3) is 0.133. The molecule has 3 nitrogen and oxygen atoms in total. The van der Waals surface area contributed by atoms with E-state index in [-0.39, 0.29) is 5.91 Å². The lowest BCUT2D eigenvalue weighted by atomic mass is 10.3. The van der Waals surface area contributed by atoms with Crippen LogP contribution >= 0.6 is 50.7 Å². The number of rotatable bonds is 4. The SMILES string of the molecule is C[C@@H](Oc1ccc(Cl)cc1Cl)C(=O)Nc1ccc(Br)c(Cl)c1. The number of ether oxygens (including phenoxy) is 1. The Bertz CT molecular complexity index is 709.